The fraction of sp³-hybridized carbons (Fsp3) is 0.467. The van der Waals surface area contributed by atoms with Crippen molar-refractivity contribution in [1.29, 1.82) is 0 Å². The van der Waals surface area contributed by atoms with Crippen LogP contribution in [0.1, 0.15) is 18.7 Å². The van der Waals surface area contributed by atoms with E-state index in [0.29, 0.717) is 18.0 Å². The smallest absolute Gasteiger partial charge is 0.167 e. The van der Waals surface area contributed by atoms with Crippen LogP contribution in [0.3, 0.4) is 0 Å². The van der Waals surface area contributed by atoms with Gasteiger partial charge in [-0.15, -0.1) is 0 Å². The Morgan fingerprint density at radius 2 is 2.30 bits per heavy atom. The van der Waals surface area contributed by atoms with E-state index < -0.39 is 24.0 Å². The molecule has 0 aromatic carbocycles. The van der Waals surface area contributed by atoms with Crippen LogP contribution in [0.4, 0.5) is 5.82 Å². The quantitative estimate of drug-likeness (QED) is 0.610. The van der Waals surface area contributed by atoms with Crippen LogP contribution in [0.25, 0.3) is 17.1 Å². The maximum atomic E-state index is 10.7. The zero-order chi connectivity index (χ0) is 16.2. The summed E-state index contributed by atoms with van der Waals surface area (Å²) in [6.45, 7) is 1.79. The SMILES string of the molecule is CC1(O)C(n2cc3c4c(ncnc42)NCC=C3)O[C@H](CO)[C@H]1O. The Bertz CT molecular complexity index is 785. The summed E-state index contributed by atoms with van der Waals surface area (Å²) in [7, 11) is 0. The van der Waals surface area contributed by atoms with Gasteiger partial charge in [-0.2, -0.15) is 0 Å². The minimum atomic E-state index is -1.55. The molecule has 1 saturated heterocycles. The van der Waals surface area contributed by atoms with Crippen LogP contribution in [0.5, 0.6) is 0 Å². The first-order valence-corrected chi connectivity index (χ1v) is 7.46. The van der Waals surface area contributed by atoms with Gasteiger partial charge in [-0.05, 0) is 6.92 Å². The Morgan fingerprint density at radius 3 is 3.04 bits per heavy atom. The molecule has 1 fully saturated rings. The number of hydrogen-bond donors (Lipinski definition) is 4. The lowest BCUT2D eigenvalue weighted by molar-refractivity contribution is -0.0948. The van der Waals surface area contributed by atoms with Crippen molar-refractivity contribution in [2.24, 2.45) is 0 Å². The summed E-state index contributed by atoms with van der Waals surface area (Å²) in [5, 5.41) is 34.2. The Hall–Kier alpha value is -2.00. The highest BCUT2D eigenvalue weighted by atomic mass is 16.6. The molecular formula is C15H18N4O4. The molecule has 0 saturated carbocycles. The number of ether oxygens (including phenoxy) is 1. The van der Waals surface area contributed by atoms with E-state index in [4.69, 9.17) is 4.74 Å². The van der Waals surface area contributed by atoms with Gasteiger partial charge in [0.1, 0.15) is 35.6 Å². The summed E-state index contributed by atoms with van der Waals surface area (Å²) in [6.07, 6.45) is 4.29. The molecule has 0 bridgehead atoms. The van der Waals surface area contributed by atoms with Crippen molar-refractivity contribution < 1.29 is 20.1 Å². The lowest BCUT2D eigenvalue weighted by Crippen LogP contribution is -2.44. The monoisotopic (exact) mass is 318 g/mol. The third-order valence-electron chi connectivity index (χ3n) is 4.51. The van der Waals surface area contributed by atoms with Gasteiger partial charge in [-0.3, -0.25) is 0 Å². The van der Waals surface area contributed by atoms with Crippen molar-refractivity contribution in [2.45, 2.75) is 31.0 Å². The summed E-state index contributed by atoms with van der Waals surface area (Å²) in [4.78, 5) is 8.57. The van der Waals surface area contributed by atoms with Crippen molar-refractivity contribution in [3.8, 4) is 0 Å². The Morgan fingerprint density at radius 1 is 1.48 bits per heavy atom. The second kappa shape index (κ2) is 5.00. The zero-order valence-electron chi connectivity index (χ0n) is 12.5. The molecule has 4 rings (SSSR count). The van der Waals surface area contributed by atoms with Crippen LogP contribution in [0.2, 0.25) is 0 Å². The highest BCUT2D eigenvalue weighted by molar-refractivity contribution is 5.96. The number of aromatic nitrogens is 3. The predicted octanol–water partition coefficient (Wildman–Crippen LogP) is -0.128. The van der Waals surface area contributed by atoms with Gasteiger partial charge in [-0.1, -0.05) is 12.2 Å². The normalized spacial score (nSPS) is 33.0. The van der Waals surface area contributed by atoms with Gasteiger partial charge in [0, 0.05) is 18.3 Å². The molecule has 2 aliphatic rings. The maximum Gasteiger partial charge on any atom is 0.167 e. The molecule has 8 heteroatoms. The molecule has 0 spiro atoms. The van der Waals surface area contributed by atoms with Crippen LogP contribution in [-0.4, -0.2) is 60.8 Å². The fourth-order valence-electron chi connectivity index (χ4n) is 3.28. The van der Waals surface area contributed by atoms with Gasteiger partial charge >= 0.3 is 0 Å². The van der Waals surface area contributed by atoms with E-state index in [0.717, 1.165) is 10.9 Å². The highest BCUT2D eigenvalue weighted by Gasteiger charge is 2.53. The van der Waals surface area contributed by atoms with E-state index in [1.807, 2.05) is 18.3 Å². The van der Waals surface area contributed by atoms with E-state index in [9.17, 15) is 15.3 Å². The Labute approximate surface area is 132 Å². The molecule has 2 aromatic heterocycles. The fourth-order valence-corrected chi connectivity index (χ4v) is 3.28. The van der Waals surface area contributed by atoms with Crippen molar-refractivity contribution in [1.82, 2.24) is 14.5 Å². The predicted molar refractivity (Wildman–Crippen MR) is 82.7 cm³/mol. The summed E-state index contributed by atoms with van der Waals surface area (Å²) < 4.78 is 7.38. The number of hydrogen-bond acceptors (Lipinski definition) is 7. The van der Waals surface area contributed by atoms with Crippen LogP contribution < -0.4 is 5.32 Å². The van der Waals surface area contributed by atoms with E-state index in [2.05, 4.69) is 15.3 Å². The van der Waals surface area contributed by atoms with E-state index >= 15 is 0 Å². The standard InChI is InChI=1S/C15H18N4O4/c1-15(22)11(21)9(6-20)23-14(15)19-5-8-3-2-4-16-12-10(8)13(19)18-7-17-12/h2-3,5,7,9,11,14,20-22H,4,6H2,1H3,(H,16,17,18)/t9-,11-,14?,15?/m1/s1. The topological polar surface area (TPSA) is 113 Å². The van der Waals surface area contributed by atoms with Crippen molar-refractivity contribution in [3.63, 3.8) is 0 Å². The van der Waals surface area contributed by atoms with Gasteiger partial charge in [0.05, 0.1) is 12.0 Å². The molecule has 4 heterocycles. The lowest BCUT2D eigenvalue weighted by atomic mass is 9.96. The number of aliphatic hydroxyl groups excluding tert-OH is 2. The number of anilines is 1. The first-order chi connectivity index (χ1) is 11.0. The summed E-state index contributed by atoms with van der Waals surface area (Å²) in [6, 6.07) is 0. The third-order valence-corrected chi connectivity index (χ3v) is 4.51. The van der Waals surface area contributed by atoms with Gasteiger partial charge in [-0.25, -0.2) is 9.97 Å². The first-order valence-electron chi connectivity index (χ1n) is 7.46. The van der Waals surface area contributed by atoms with Crippen molar-refractivity contribution in [3.05, 3.63) is 24.2 Å². The van der Waals surface area contributed by atoms with Gasteiger partial charge in [0.2, 0.25) is 0 Å². The third kappa shape index (κ3) is 1.99. The van der Waals surface area contributed by atoms with Gasteiger partial charge < -0.3 is 29.9 Å². The lowest BCUT2D eigenvalue weighted by Gasteiger charge is -2.27. The largest absolute Gasteiger partial charge is 0.394 e. The number of rotatable bonds is 2. The molecular weight excluding hydrogens is 300 g/mol. The van der Waals surface area contributed by atoms with E-state index in [1.165, 1.54) is 13.3 Å². The average Bonchev–Trinajstić information content (AvgIpc) is 2.90. The molecule has 23 heavy (non-hydrogen) atoms. The molecule has 0 amide bonds. The number of nitrogens with one attached hydrogen (secondary N) is 1. The van der Waals surface area contributed by atoms with Crippen molar-refractivity contribution >= 4 is 22.9 Å². The van der Waals surface area contributed by atoms with E-state index in [1.54, 1.807) is 4.57 Å². The number of aliphatic hydroxyl groups is 3. The summed E-state index contributed by atoms with van der Waals surface area (Å²) in [5.74, 6) is 0.714. The molecule has 4 N–H and O–H groups in total. The summed E-state index contributed by atoms with van der Waals surface area (Å²) >= 11 is 0. The molecule has 0 aliphatic carbocycles. The van der Waals surface area contributed by atoms with Crippen LogP contribution >= 0.6 is 0 Å². The maximum absolute atomic E-state index is 10.7. The van der Waals surface area contributed by atoms with Crippen LogP contribution in [0.15, 0.2) is 18.6 Å². The van der Waals surface area contributed by atoms with Gasteiger partial charge in [0.15, 0.2) is 6.23 Å². The van der Waals surface area contributed by atoms with Gasteiger partial charge in [0.25, 0.3) is 0 Å². The molecule has 4 atom stereocenters. The zero-order valence-corrected chi connectivity index (χ0v) is 12.5. The Kier molecular flexibility index (Phi) is 3.17. The average molecular weight is 318 g/mol. The van der Waals surface area contributed by atoms with Crippen molar-refractivity contribution in [2.75, 3.05) is 18.5 Å². The molecule has 8 nitrogen and oxygen atoms in total. The van der Waals surface area contributed by atoms with Crippen LogP contribution in [-0.2, 0) is 4.74 Å². The number of nitrogens with zero attached hydrogens (tertiary/aromatic N) is 3. The Balaban J connectivity index is 1.90. The molecule has 2 aliphatic heterocycles. The highest BCUT2D eigenvalue weighted by Crippen LogP contribution is 2.41. The minimum Gasteiger partial charge on any atom is -0.394 e. The second-order valence-electron chi connectivity index (χ2n) is 6.08. The molecule has 0 radical (unpaired) electrons. The summed E-state index contributed by atoms with van der Waals surface area (Å²) in [5.41, 5.74) is -0.0507. The van der Waals surface area contributed by atoms with Crippen LogP contribution in [0, 0.1) is 0 Å². The molecule has 2 aromatic rings. The molecule has 122 valence electrons. The molecule has 2 unspecified atom stereocenters. The second-order valence-corrected chi connectivity index (χ2v) is 6.08. The first kappa shape index (κ1) is 14.6. The minimum absolute atomic E-state index is 0.373. The van der Waals surface area contributed by atoms with E-state index in [-0.39, 0.29) is 6.61 Å².